The summed E-state index contributed by atoms with van der Waals surface area (Å²) >= 11 is 0. The second-order valence-corrected chi connectivity index (χ2v) is 5.07. The van der Waals surface area contributed by atoms with Gasteiger partial charge in [-0.3, -0.25) is 4.79 Å². The normalized spacial score (nSPS) is 10.7. The summed E-state index contributed by atoms with van der Waals surface area (Å²) in [5, 5.41) is 3.97. The first-order chi connectivity index (χ1) is 10.7. The Morgan fingerprint density at radius 1 is 1.14 bits per heavy atom. The van der Waals surface area contributed by atoms with E-state index >= 15 is 0 Å². The molecule has 0 saturated carbocycles. The fourth-order valence-corrected chi connectivity index (χ4v) is 2.06. The molecule has 0 fully saturated rings. The second kappa shape index (κ2) is 10.7. The van der Waals surface area contributed by atoms with Gasteiger partial charge in [-0.05, 0) is 30.2 Å². The van der Waals surface area contributed by atoms with Gasteiger partial charge in [0.15, 0.2) is 11.5 Å². The van der Waals surface area contributed by atoms with E-state index in [1.165, 1.54) is 19.3 Å². The highest BCUT2D eigenvalue weighted by Gasteiger charge is 2.03. The summed E-state index contributed by atoms with van der Waals surface area (Å²) < 4.78 is 10.4. The molecule has 0 radical (unpaired) electrons. The van der Waals surface area contributed by atoms with E-state index in [0.717, 1.165) is 18.4 Å². The zero-order valence-corrected chi connectivity index (χ0v) is 13.7. The molecule has 122 valence electrons. The van der Waals surface area contributed by atoms with E-state index in [2.05, 4.69) is 17.5 Å². The van der Waals surface area contributed by atoms with Gasteiger partial charge >= 0.3 is 0 Å². The largest absolute Gasteiger partial charge is 0.493 e. The average Bonchev–Trinajstić information content (AvgIpc) is 2.54. The lowest BCUT2D eigenvalue weighted by Gasteiger charge is -2.07. The molecular weight excluding hydrogens is 280 g/mol. The van der Waals surface area contributed by atoms with Crippen LogP contribution in [0.3, 0.4) is 0 Å². The third-order valence-electron chi connectivity index (χ3n) is 3.32. The standard InChI is InChI=1S/C17H26N2O3/c1-4-5-6-7-8-9-17(20)19-18-13-14-10-11-15(21-2)16(12-14)22-3/h10-13H,4-9H2,1-3H3,(H,19,20)/b18-13+. The summed E-state index contributed by atoms with van der Waals surface area (Å²) in [6, 6.07) is 5.46. The fourth-order valence-electron chi connectivity index (χ4n) is 2.06. The summed E-state index contributed by atoms with van der Waals surface area (Å²) in [7, 11) is 3.17. The quantitative estimate of drug-likeness (QED) is 0.409. The van der Waals surface area contributed by atoms with Crippen molar-refractivity contribution >= 4 is 12.1 Å². The smallest absolute Gasteiger partial charge is 0.240 e. The lowest BCUT2D eigenvalue weighted by Crippen LogP contribution is -2.16. The van der Waals surface area contributed by atoms with E-state index in [1.54, 1.807) is 32.6 Å². The van der Waals surface area contributed by atoms with E-state index < -0.39 is 0 Å². The maximum absolute atomic E-state index is 11.6. The van der Waals surface area contributed by atoms with Crippen LogP contribution in [0, 0.1) is 0 Å². The molecule has 5 heteroatoms. The highest BCUT2D eigenvalue weighted by Crippen LogP contribution is 2.26. The van der Waals surface area contributed by atoms with Crippen LogP contribution < -0.4 is 14.9 Å². The number of hydrogen-bond acceptors (Lipinski definition) is 4. The molecule has 0 atom stereocenters. The van der Waals surface area contributed by atoms with E-state index in [1.807, 2.05) is 6.07 Å². The van der Waals surface area contributed by atoms with Crippen molar-refractivity contribution in [2.75, 3.05) is 14.2 Å². The van der Waals surface area contributed by atoms with Crippen molar-refractivity contribution in [2.24, 2.45) is 5.10 Å². The fraction of sp³-hybridized carbons (Fsp3) is 0.529. The first-order valence-electron chi connectivity index (χ1n) is 7.75. The number of carbonyl (C=O) groups is 1. The van der Waals surface area contributed by atoms with Crippen molar-refractivity contribution < 1.29 is 14.3 Å². The average molecular weight is 306 g/mol. The minimum Gasteiger partial charge on any atom is -0.493 e. The van der Waals surface area contributed by atoms with Gasteiger partial charge in [-0.2, -0.15) is 5.10 Å². The van der Waals surface area contributed by atoms with E-state index in [9.17, 15) is 4.79 Å². The van der Waals surface area contributed by atoms with Gasteiger partial charge in [-0.1, -0.05) is 32.6 Å². The summed E-state index contributed by atoms with van der Waals surface area (Å²) in [6.07, 6.45) is 7.77. The number of ether oxygens (including phenoxy) is 2. The van der Waals surface area contributed by atoms with Crippen molar-refractivity contribution in [2.45, 2.75) is 45.4 Å². The molecule has 22 heavy (non-hydrogen) atoms. The molecular formula is C17H26N2O3. The summed E-state index contributed by atoms with van der Waals surface area (Å²) in [5.41, 5.74) is 3.38. The van der Waals surface area contributed by atoms with Crippen LogP contribution in [0.25, 0.3) is 0 Å². The first-order valence-corrected chi connectivity index (χ1v) is 7.75. The van der Waals surface area contributed by atoms with E-state index in [4.69, 9.17) is 9.47 Å². The number of unbranched alkanes of at least 4 members (excludes halogenated alkanes) is 4. The monoisotopic (exact) mass is 306 g/mol. The number of rotatable bonds is 10. The summed E-state index contributed by atoms with van der Waals surface area (Å²) in [5.74, 6) is 1.25. The molecule has 0 aliphatic rings. The summed E-state index contributed by atoms with van der Waals surface area (Å²) in [6.45, 7) is 2.18. The molecule has 0 unspecified atom stereocenters. The van der Waals surface area contributed by atoms with E-state index in [0.29, 0.717) is 17.9 Å². The van der Waals surface area contributed by atoms with Crippen LogP contribution in [-0.4, -0.2) is 26.3 Å². The molecule has 0 aromatic heterocycles. The van der Waals surface area contributed by atoms with Gasteiger partial charge in [0.2, 0.25) is 5.91 Å². The SMILES string of the molecule is CCCCCCCC(=O)N/N=C/c1ccc(OC)c(OC)c1. The van der Waals surface area contributed by atoms with Gasteiger partial charge in [-0.25, -0.2) is 5.43 Å². The maximum atomic E-state index is 11.6. The molecule has 1 aromatic carbocycles. The molecule has 0 aliphatic heterocycles. The Morgan fingerprint density at radius 3 is 2.55 bits per heavy atom. The molecule has 1 N–H and O–H groups in total. The van der Waals surface area contributed by atoms with Gasteiger partial charge in [-0.15, -0.1) is 0 Å². The van der Waals surface area contributed by atoms with E-state index in [-0.39, 0.29) is 5.91 Å². The van der Waals surface area contributed by atoms with Crippen LogP contribution in [0.2, 0.25) is 0 Å². The molecule has 1 aromatic rings. The molecule has 0 aliphatic carbocycles. The number of hydrogen-bond donors (Lipinski definition) is 1. The zero-order chi connectivity index (χ0) is 16.2. The Bertz CT molecular complexity index is 487. The molecule has 0 spiro atoms. The highest BCUT2D eigenvalue weighted by atomic mass is 16.5. The number of benzene rings is 1. The number of hydrazone groups is 1. The van der Waals surface area contributed by atoms with Crippen LogP contribution in [0.5, 0.6) is 11.5 Å². The summed E-state index contributed by atoms with van der Waals surface area (Å²) in [4.78, 5) is 11.6. The molecule has 0 saturated heterocycles. The first kappa shape index (κ1) is 18.0. The predicted molar refractivity (Wildman–Crippen MR) is 88.7 cm³/mol. The van der Waals surface area contributed by atoms with Crippen molar-refractivity contribution in [1.29, 1.82) is 0 Å². The molecule has 1 amide bonds. The van der Waals surface area contributed by atoms with Crippen molar-refractivity contribution in [3.8, 4) is 11.5 Å². The van der Waals surface area contributed by atoms with Gasteiger partial charge < -0.3 is 9.47 Å². The predicted octanol–water partition coefficient (Wildman–Crippen LogP) is 3.51. The van der Waals surface area contributed by atoms with Gasteiger partial charge in [0.05, 0.1) is 20.4 Å². The minimum absolute atomic E-state index is 0.0479. The van der Waals surface area contributed by atoms with Crippen LogP contribution in [0.15, 0.2) is 23.3 Å². The van der Waals surface area contributed by atoms with Crippen molar-refractivity contribution in [3.05, 3.63) is 23.8 Å². The van der Waals surface area contributed by atoms with Crippen molar-refractivity contribution in [1.82, 2.24) is 5.43 Å². The van der Waals surface area contributed by atoms with Gasteiger partial charge in [0, 0.05) is 6.42 Å². The number of nitrogens with one attached hydrogen (secondary N) is 1. The van der Waals surface area contributed by atoms with Crippen LogP contribution >= 0.6 is 0 Å². The van der Waals surface area contributed by atoms with Crippen LogP contribution in [-0.2, 0) is 4.79 Å². The molecule has 5 nitrogen and oxygen atoms in total. The Labute approximate surface area is 132 Å². The second-order valence-electron chi connectivity index (χ2n) is 5.07. The Kier molecular flexibility index (Phi) is 8.72. The maximum Gasteiger partial charge on any atom is 0.240 e. The van der Waals surface area contributed by atoms with Crippen molar-refractivity contribution in [3.63, 3.8) is 0 Å². The number of carbonyl (C=O) groups excluding carboxylic acids is 1. The topological polar surface area (TPSA) is 59.9 Å². The Balaban J connectivity index is 2.37. The highest BCUT2D eigenvalue weighted by molar-refractivity contribution is 5.83. The molecule has 1 rings (SSSR count). The van der Waals surface area contributed by atoms with Gasteiger partial charge in [0.25, 0.3) is 0 Å². The molecule has 0 heterocycles. The van der Waals surface area contributed by atoms with Gasteiger partial charge in [0.1, 0.15) is 0 Å². The number of amides is 1. The third kappa shape index (κ3) is 6.61. The molecule has 0 bridgehead atoms. The minimum atomic E-state index is -0.0479. The Morgan fingerprint density at radius 2 is 1.86 bits per heavy atom. The van der Waals surface area contributed by atoms with Crippen LogP contribution in [0.4, 0.5) is 0 Å². The number of methoxy groups -OCH3 is 2. The lowest BCUT2D eigenvalue weighted by molar-refractivity contribution is -0.121. The lowest BCUT2D eigenvalue weighted by atomic mass is 10.1. The van der Waals surface area contributed by atoms with Crippen LogP contribution in [0.1, 0.15) is 51.0 Å². The zero-order valence-electron chi connectivity index (χ0n) is 13.7. The number of nitrogens with zero attached hydrogens (tertiary/aromatic N) is 1. The third-order valence-corrected chi connectivity index (χ3v) is 3.32. The Hall–Kier alpha value is -2.04.